The summed E-state index contributed by atoms with van der Waals surface area (Å²) in [5.74, 6) is 1.98. The maximum Gasteiger partial charge on any atom is 0.278 e. The Morgan fingerprint density at radius 3 is 2.53 bits per heavy atom. The van der Waals surface area contributed by atoms with Gasteiger partial charge in [-0.15, -0.1) is 0 Å². The first-order chi connectivity index (χ1) is 22.9. The van der Waals surface area contributed by atoms with Crippen molar-refractivity contribution >= 4 is 17.7 Å². The molecule has 1 saturated heterocycles. The van der Waals surface area contributed by atoms with E-state index in [0.29, 0.717) is 23.9 Å². The number of benzene rings is 1. The fourth-order valence-electron chi connectivity index (χ4n) is 5.60. The monoisotopic (exact) mass is 637 g/mol. The van der Waals surface area contributed by atoms with Gasteiger partial charge < -0.3 is 20.0 Å². The summed E-state index contributed by atoms with van der Waals surface area (Å²) in [6, 6.07) is 11.7. The van der Waals surface area contributed by atoms with E-state index >= 15 is 0 Å². The van der Waals surface area contributed by atoms with Crippen LogP contribution in [0.5, 0.6) is 0 Å². The van der Waals surface area contributed by atoms with Crippen molar-refractivity contribution < 1.29 is 4.42 Å². The second-order valence-electron chi connectivity index (χ2n) is 12.0. The minimum Gasteiger partial charge on any atom is -0.439 e. The summed E-state index contributed by atoms with van der Waals surface area (Å²) in [6.07, 6.45) is 20.2. The molecule has 1 unspecified atom stereocenters. The van der Waals surface area contributed by atoms with Gasteiger partial charge in [0.2, 0.25) is 11.8 Å². The Balaban J connectivity index is 0.000000280. The van der Waals surface area contributed by atoms with Crippen molar-refractivity contribution in [2.24, 2.45) is 0 Å². The highest BCUT2D eigenvalue weighted by atomic mass is 16.4. The van der Waals surface area contributed by atoms with Crippen LogP contribution >= 0.6 is 0 Å². The number of allylic oxidation sites excluding steroid dienone is 2. The third kappa shape index (κ3) is 10.2. The minimum atomic E-state index is -0.227. The second-order valence-corrected chi connectivity index (χ2v) is 12.0. The standard InChI is InChI=1S/C25H31N5O2.C13H20N2/c1-3-4-9-16-30-24(31)21(17-27-25(30)29-14-10-6-11-15-29)28-19(2)22-18-26-23(32-22)20-12-7-5-8-13-20;1-4-5-12-6-7-15-10-13(12)8-11(2)9-14-3/h4-5,7-9,12-13,17-19,28H,3,6,10-11,14-16H2,1-2H3;6-8,10,14H,4-5,9H2,1-3H3/b9-4+;11-8+. The molecule has 47 heavy (non-hydrogen) atoms. The number of piperidine rings is 1. The summed E-state index contributed by atoms with van der Waals surface area (Å²) in [6.45, 7) is 11.7. The van der Waals surface area contributed by atoms with Crippen molar-refractivity contribution in [1.82, 2.24) is 24.8 Å². The van der Waals surface area contributed by atoms with Crippen LogP contribution in [0.4, 0.5) is 11.6 Å². The second kappa shape index (κ2) is 18.6. The summed E-state index contributed by atoms with van der Waals surface area (Å²) in [4.78, 5) is 28.9. The van der Waals surface area contributed by atoms with E-state index in [-0.39, 0.29) is 11.6 Å². The molecular formula is C38H51N7O2. The van der Waals surface area contributed by atoms with E-state index in [2.05, 4.69) is 69.5 Å². The topological polar surface area (TPSA) is 101 Å². The van der Waals surface area contributed by atoms with Gasteiger partial charge in [0.1, 0.15) is 11.4 Å². The molecule has 0 bridgehead atoms. The van der Waals surface area contributed by atoms with Gasteiger partial charge in [0.15, 0.2) is 0 Å². The van der Waals surface area contributed by atoms with Crippen LogP contribution in [0, 0.1) is 0 Å². The van der Waals surface area contributed by atoms with Crippen LogP contribution in [0.15, 0.2) is 88.1 Å². The maximum atomic E-state index is 13.4. The van der Waals surface area contributed by atoms with E-state index in [0.717, 1.165) is 56.8 Å². The summed E-state index contributed by atoms with van der Waals surface area (Å²) >= 11 is 0. The number of nitrogens with one attached hydrogen (secondary N) is 2. The predicted molar refractivity (Wildman–Crippen MR) is 194 cm³/mol. The highest BCUT2D eigenvalue weighted by Crippen LogP contribution is 2.25. The molecule has 2 N–H and O–H groups in total. The van der Waals surface area contributed by atoms with Crippen LogP contribution < -0.4 is 21.1 Å². The lowest BCUT2D eigenvalue weighted by Gasteiger charge is -2.29. The molecule has 250 valence electrons. The van der Waals surface area contributed by atoms with Gasteiger partial charge in [-0.2, -0.15) is 0 Å². The fraction of sp³-hybridized carbons (Fsp3) is 0.421. The molecule has 1 fully saturated rings. The Kier molecular flexibility index (Phi) is 14.0. The zero-order valence-corrected chi connectivity index (χ0v) is 28.7. The lowest BCUT2D eigenvalue weighted by atomic mass is 10.0. The molecule has 4 aromatic rings. The Morgan fingerprint density at radius 2 is 1.81 bits per heavy atom. The van der Waals surface area contributed by atoms with E-state index in [9.17, 15) is 4.79 Å². The average Bonchev–Trinajstić information content (AvgIpc) is 3.60. The molecule has 1 aromatic carbocycles. The Labute approximate surface area is 279 Å². The molecule has 0 spiro atoms. The van der Waals surface area contributed by atoms with E-state index in [1.807, 2.05) is 62.8 Å². The number of likely N-dealkylation sites (N-methyl/N-ethyl adjacent to an activating group) is 1. The summed E-state index contributed by atoms with van der Waals surface area (Å²) < 4.78 is 7.72. The van der Waals surface area contributed by atoms with Gasteiger partial charge in [0, 0.05) is 44.1 Å². The number of rotatable bonds is 13. The molecule has 9 heteroatoms. The molecule has 0 aliphatic carbocycles. The zero-order valence-electron chi connectivity index (χ0n) is 28.7. The molecule has 5 rings (SSSR count). The van der Waals surface area contributed by atoms with Gasteiger partial charge in [0.25, 0.3) is 5.56 Å². The third-order valence-electron chi connectivity index (χ3n) is 8.02. The number of nitrogens with zero attached hydrogens (tertiary/aromatic N) is 5. The van der Waals surface area contributed by atoms with Crippen molar-refractivity contribution in [3.8, 4) is 11.5 Å². The maximum absolute atomic E-state index is 13.4. The van der Waals surface area contributed by atoms with Gasteiger partial charge in [-0.3, -0.25) is 14.3 Å². The summed E-state index contributed by atoms with van der Waals surface area (Å²) in [5.41, 5.74) is 5.29. The number of aromatic nitrogens is 4. The van der Waals surface area contributed by atoms with Crippen LogP contribution in [0.2, 0.25) is 0 Å². The van der Waals surface area contributed by atoms with Gasteiger partial charge in [-0.05, 0) is 82.3 Å². The van der Waals surface area contributed by atoms with Crippen LogP contribution in [-0.2, 0) is 13.0 Å². The molecule has 1 atom stereocenters. The first-order valence-corrected chi connectivity index (χ1v) is 17.0. The SMILES string of the molecule is CC/C=C/Cn1c(N2CCCCC2)ncc(NC(C)c2cnc(-c3ccccc3)o2)c1=O.CCCc1ccncc1/C=C(\C)CNC. The highest BCUT2D eigenvalue weighted by Gasteiger charge is 2.20. The van der Waals surface area contributed by atoms with Crippen molar-refractivity contribution in [3.05, 3.63) is 106 Å². The number of anilines is 2. The number of aryl methyl sites for hydroxylation is 1. The lowest BCUT2D eigenvalue weighted by molar-refractivity contribution is 0.498. The first-order valence-electron chi connectivity index (χ1n) is 17.0. The Morgan fingerprint density at radius 1 is 1.02 bits per heavy atom. The quantitative estimate of drug-likeness (QED) is 0.144. The number of hydrogen-bond acceptors (Lipinski definition) is 8. The lowest BCUT2D eigenvalue weighted by Crippen LogP contribution is -2.37. The van der Waals surface area contributed by atoms with Crippen LogP contribution in [0.25, 0.3) is 17.5 Å². The third-order valence-corrected chi connectivity index (χ3v) is 8.02. The largest absolute Gasteiger partial charge is 0.439 e. The van der Waals surface area contributed by atoms with E-state index in [4.69, 9.17) is 4.42 Å². The fourth-order valence-corrected chi connectivity index (χ4v) is 5.60. The minimum absolute atomic E-state index is 0.0732. The molecular weight excluding hydrogens is 586 g/mol. The van der Waals surface area contributed by atoms with E-state index in [1.165, 1.54) is 29.5 Å². The van der Waals surface area contributed by atoms with E-state index < -0.39 is 0 Å². The summed E-state index contributed by atoms with van der Waals surface area (Å²) in [5, 5.41) is 6.43. The predicted octanol–water partition coefficient (Wildman–Crippen LogP) is 7.68. The number of hydrogen-bond donors (Lipinski definition) is 2. The molecule has 1 aliphatic rings. The molecule has 0 amide bonds. The van der Waals surface area contributed by atoms with E-state index in [1.54, 1.807) is 17.0 Å². The van der Waals surface area contributed by atoms with Crippen LogP contribution in [0.1, 0.15) is 82.7 Å². The molecule has 1 aliphatic heterocycles. The van der Waals surface area contributed by atoms with Gasteiger partial charge >= 0.3 is 0 Å². The number of oxazole rings is 1. The summed E-state index contributed by atoms with van der Waals surface area (Å²) in [7, 11) is 1.97. The zero-order chi connectivity index (χ0) is 33.4. The molecule has 0 radical (unpaired) electrons. The van der Waals surface area contributed by atoms with Crippen LogP contribution in [0.3, 0.4) is 0 Å². The number of pyridine rings is 1. The Bertz CT molecular complexity index is 1640. The molecule has 0 saturated carbocycles. The normalized spacial score (nSPS) is 14.1. The average molecular weight is 638 g/mol. The van der Waals surface area contributed by atoms with Gasteiger partial charge in [-0.25, -0.2) is 9.97 Å². The van der Waals surface area contributed by atoms with Gasteiger partial charge in [-0.1, -0.05) is 62.3 Å². The molecule has 9 nitrogen and oxygen atoms in total. The van der Waals surface area contributed by atoms with Crippen molar-refractivity contribution in [1.29, 1.82) is 0 Å². The van der Waals surface area contributed by atoms with Crippen molar-refractivity contribution in [2.75, 3.05) is 36.9 Å². The van der Waals surface area contributed by atoms with Gasteiger partial charge in [0.05, 0.1) is 18.4 Å². The molecule has 4 heterocycles. The van der Waals surface area contributed by atoms with Crippen molar-refractivity contribution in [3.63, 3.8) is 0 Å². The molecule has 3 aromatic heterocycles. The van der Waals surface area contributed by atoms with Crippen LogP contribution in [-0.4, -0.2) is 46.2 Å². The smallest absolute Gasteiger partial charge is 0.278 e. The highest BCUT2D eigenvalue weighted by molar-refractivity contribution is 5.55. The van der Waals surface area contributed by atoms with Crippen molar-refractivity contribution in [2.45, 2.75) is 78.8 Å². The first kappa shape index (κ1) is 35.4. The Hall–Kier alpha value is -4.50.